The molecule has 0 atom stereocenters. The van der Waals surface area contributed by atoms with Gasteiger partial charge in [-0.1, -0.05) is 41.8 Å². The molecule has 0 aliphatic heterocycles. The SMILES string of the molecule is C#CCOc1cccc(/C=C(\C#N)c2ccc(Cl)cc2)c1. The topological polar surface area (TPSA) is 33.0 Å². The number of nitriles is 1. The maximum atomic E-state index is 9.31. The van der Waals surface area contributed by atoms with E-state index in [-0.39, 0.29) is 6.61 Å². The molecular weight excluding hydrogens is 282 g/mol. The third-order valence-corrected chi connectivity index (χ3v) is 3.02. The van der Waals surface area contributed by atoms with Crippen LogP contribution in [0, 0.1) is 23.7 Å². The highest BCUT2D eigenvalue weighted by Crippen LogP contribution is 2.22. The number of hydrogen-bond donors (Lipinski definition) is 0. The van der Waals surface area contributed by atoms with Gasteiger partial charge in [-0.3, -0.25) is 0 Å². The average molecular weight is 294 g/mol. The van der Waals surface area contributed by atoms with E-state index in [9.17, 15) is 5.26 Å². The molecule has 0 heterocycles. The van der Waals surface area contributed by atoms with Crippen molar-refractivity contribution in [3.63, 3.8) is 0 Å². The fourth-order valence-corrected chi connectivity index (χ4v) is 1.92. The summed E-state index contributed by atoms with van der Waals surface area (Å²) < 4.78 is 5.37. The van der Waals surface area contributed by atoms with Gasteiger partial charge < -0.3 is 4.74 Å². The molecule has 2 aromatic carbocycles. The number of hydrogen-bond acceptors (Lipinski definition) is 2. The lowest BCUT2D eigenvalue weighted by Gasteiger charge is -2.04. The van der Waals surface area contributed by atoms with Gasteiger partial charge in [0.2, 0.25) is 0 Å². The minimum absolute atomic E-state index is 0.218. The molecule has 102 valence electrons. The minimum atomic E-state index is 0.218. The first-order valence-corrected chi connectivity index (χ1v) is 6.65. The Bertz CT molecular complexity index is 733. The van der Waals surface area contributed by atoms with Crippen LogP contribution in [0.15, 0.2) is 48.5 Å². The third-order valence-electron chi connectivity index (χ3n) is 2.77. The van der Waals surface area contributed by atoms with E-state index in [0.29, 0.717) is 16.3 Å². The van der Waals surface area contributed by atoms with Crippen molar-refractivity contribution in [2.75, 3.05) is 6.61 Å². The predicted octanol–water partition coefficient (Wildman–Crippen LogP) is 4.42. The molecule has 0 N–H and O–H groups in total. The summed E-state index contributed by atoms with van der Waals surface area (Å²) in [5, 5.41) is 9.95. The summed E-state index contributed by atoms with van der Waals surface area (Å²) >= 11 is 5.85. The molecule has 0 aromatic heterocycles. The van der Waals surface area contributed by atoms with Crippen LogP contribution >= 0.6 is 11.6 Å². The smallest absolute Gasteiger partial charge is 0.148 e. The molecule has 0 amide bonds. The number of benzene rings is 2. The average Bonchev–Trinajstić information content (AvgIpc) is 2.52. The highest BCUT2D eigenvalue weighted by atomic mass is 35.5. The van der Waals surface area contributed by atoms with Gasteiger partial charge in [-0.15, -0.1) is 6.42 Å². The van der Waals surface area contributed by atoms with E-state index >= 15 is 0 Å². The molecule has 0 saturated heterocycles. The molecule has 0 radical (unpaired) electrons. The van der Waals surface area contributed by atoms with Crippen molar-refractivity contribution in [2.45, 2.75) is 0 Å². The van der Waals surface area contributed by atoms with Crippen molar-refractivity contribution in [3.8, 4) is 24.2 Å². The van der Waals surface area contributed by atoms with E-state index in [1.54, 1.807) is 18.2 Å². The zero-order chi connectivity index (χ0) is 15.1. The van der Waals surface area contributed by atoms with Crippen molar-refractivity contribution >= 4 is 23.3 Å². The quantitative estimate of drug-likeness (QED) is 0.475. The summed E-state index contributed by atoms with van der Waals surface area (Å²) in [6.45, 7) is 0.218. The van der Waals surface area contributed by atoms with Crippen LogP contribution in [-0.4, -0.2) is 6.61 Å². The molecule has 0 fully saturated rings. The predicted molar refractivity (Wildman–Crippen MR) is 85.7 cm³/mol. The Morgan fingerprint density at radius 3 is 2.67 bits per heavy atom. The van der Waals surface area contributed by atoms with Crippen LogP contribution in [-0.2, 0) is 0 Å². The lowest BCUT2D eigenvalue weighted by molar-refractivity contribution is 0.370. The molecule has 0 aliphatic carbocycles. The molecule has 2 nitrogen and oxygen atoms in total. The Morgan fingerprint density at radius 2 is 2.00 bits per heavy atom. The van der Waals surface area contributed by atoms with Gasteiger partial charge in [0.25, 0.3) is 0 Å². The first kappa shape index (κ1) is 14.7. The van der Waals surface area contributed by atoms with E-state index in [1.807, 2.05) is 36.4 Å². The lowest BCUT2D eigenvalue weighted by atomic mass is 10.0. The molecule has 0 saturated carbocycles. The molecule has 0 aliphatic rings. The largest absolute Gasteiger partial charge is 0.481 e. The summed E-state index contributed by atoms with van der Waals surface area (Å²) in [4.78, 5) is 0. The van der Waals surface area contributed by atoms with Gasteiger partial charge in [-0.05, 0) is 41.5 Å². The standard InChI is InChI=1S/C18H12ClNO/c1-2-10-21-18-5-3-4-14(12-18)11-16(13-20)15-6-8-17(19)9-7-15/h1,3-9,11-12H,10H2/b16-11+. The summed E-state index contributed by atoms with van der Waals surface area (Å²) in [6.07, 6.45) is 6.96. The van der Waals surface area contributed by atoms with E-state index in [2.05, 4.69) is 12.0 Å². The lowest BCUT2D eigenvalue weighted by Crippen LogP contribution is -1.93. The molecule has 0 spiro atoms. The van der Waals surface area contributed by atoms with Crippen LogP contribution in [0.25, 0.3) is 11.6 Å². The van der Waals surface area contributed by atoms with Crippen LogP contribution in [0.3, 0.4) is 0 Å². The molecule has 2 rings (SSSR count). The van der Waals surface area contributed by atoms with Gasteiger partial charge in [-0.25, -0.2) is 0 Å². The second kappa shape index (κ2) is 7.20. The number of allylic oxidation sites excluding steroid dienone is 1. The first-order valence-electron chi connectivity index (χ1n) is 6.27. The van der Waals surface area contributed by atoms with Crippen LogP contribution in [0.4, 0.5) is 0 Å². The van der Waals surface area contributed by atoms with E-state index in [1.165, 1.54) is 0 Å². The van der Waals surface area contributed by atoms with Gasteiger partial charge in [0.1, 0.15) is 12.4 Å². The fourth-order valence-electron chi connectivity index (χ4n) is 1.80. The Kier molecular flexibility index (Phi) is 5.04. The van der Waals surface area contributed by atoms with E-state index < -0.39 is 0 Å². The second-order valence-electron chi connectivity index (χ2n) is 4.24. The molecular formula is C18H12ClNO. The minimum Gasteiger partial charge on any atom is -0.481 e. The van der Waals surface area contributed by atoms with Crippen LogP contribution < -0.4 is 4.74 Å². The van der Waals surface area contributed by atoms with Gasteiger partial charge in [0.05, 0.1) is 11.6 Å². The Labute approximate surface area is 129 Å². The number of rotatable bonds is 4. The summed E-state index contributed by atoms with van der Waals surface area (Å²) in [5.74, 6) is 3.09. The maximum Gasteiger partial charge on any atom is 0.148 e. The Morgan fingerprint density at radius 1 is 1.24 bits per heavy atom. The first-order chi connectivity index (χ1) is 10.2. The molecule has 0 unspecified atom stereocenters. The summed E-state index contributed by atoms with van der Waals surface area (Å²) in [6, 6.07) is 16.8. The van der Waals surface area contributed by atoms with E-state index in [4.69, 9.17) is 22.8 Å². The highest BCUT2D eigenvalue weighted by molar-refractivity contribution is 6.30. The molecule has 2 aromatic rings. The van der Waals surface area contributed by atoms with Gasteiger partial charge >= 0.3 is 0 Å². The van der Waals surface area contributed by atoms with Gasteiger partial charge in [-0.2, -0.15) is 5.26 Å². The van der Waals surface area contributed by atoms with Gasteiger partial charge in [0, 0.05) is 5.02 Å². The van der Waals surface area contributed by atoms with Crippen LogP contribution in [0.2, 0.25) is 5.02 Å². The number of ether oxygens (including phenoxy) is 1. The highest BCUT2D eigenvalue weighted by Gasteiger charge is 2.02. The number of nitrogens with zero attached hydrogens (tertiary/aromatic N) is 1. The Hall–Kier alpha value is -2.68. The van der Waals surface area contributed by atoms with Crippen molar-refractivity contribution in [2.24, 2.45) is 0 Å². The zero-order valence-electron chi connectivity index (χ0n) is 11.2. The fraction of sp³-hybridized carbons (Fsp3) is 0.0556. The Balaban J connectivity index is 2.30. The molecule has 0 bridgehead atoms. The second-order valence-corrected chi connectivity index (χ2v) is 4.68. The van der Waals surface area contributed by atoms with Crippen LogP contribution in [0.5, 0.6) is 5.75 Å². The van der Waals surface area contributed by atoms with Crippen molar-refractivity contribution in [1.82, 2.24) is 0 Å². The van der Waals surface area contributed by atoms with Crippen molar-refractivity contribution < 1.29 is 4.74 Å². The maximum absolute atomic E-state index is 9.31. The number of halogens is 1. The third kappa shape index (κ3) is 4.14. The van der Waals surface area contributed by atoms with Crippen molar-refractivity contribution in [3.05, 3.63) is 64.7 Å². The van der Waals surface area contributed by atoms with Crippen molar-refractivity contribution in [1.29, 1.82) is 5.26 Å². The molecule has 21 heavy (non-hydrogen) atoms. The van der Waals surface area contributed by atoms with Gasteiger partial charge in [0.15, 0.2) is 0 Å². The van der Waals surface area contributed by atoms with E-state index in [0.717, 1.165) is 11.1 Å². The normalized spacial score (nSPS) is 10.5. The zero-order valence-corrected chi connectivity index (χ0v) is 12.0. The molecule has 3 heteroatoms. The summed E-state index contributed by atoms with van der Waals surface area (Å²) in [5.41, 5.74) is 2.24. The summed E-state index contributed by atoms with van der Waals surface area (Å²) in [7, 11) is 0. The monoisotopic (exact) mass is 293 g/mol. The van der Waals surface area contributed by atoms with Crippen LogP contribution in [0.1, 0.15) is 11.1 Å². The number of terminal acetylenes is 1.